The van der Waals surface area contributed by atoms with Crippen molar-refractivity contribution in [3.05, 3.63) is 132 Å². The average molecular weight is 518 g/mol. The van der Waals surface area contributed by atoms with Crippen LogP contribution >= 0.6 is 11.3 Å². The summed E-state index contributed by atoms with van der Waals surface area (Å²) < 4.78 is 2.66. The number of rotatable bonds is 3. The zero-order chi connectivity index (χ0) is 26.1. The minimum Gasteiger partial charge on any atom is -0.354 e. The number of anilines is 2. The van der Waals surface area contributed by atoms with Crippen molar-refractivity contribution in [2.24, 2.45) is 0 Å². The third-order valence-corrected chi connectivity index (χ3v) is 9.76. The molecule has 1 aliphatic rings. The molecular formula is C37H27NS. The molecule has 0 unspecified atom stereocenters. The van der Waals surface area contributed by atoms with Crippen molar-refractivity contribution in [3.63, 3.8) is 0 Å². The Bertz CT molecular complexity index is 2060. The highest BCUT2D eigenvalue weighted by atomic mass is 32.1. The van der Waals surface area contributed by atoms with E-state index in [1.807, 2.05) is 11.3 Å². The zero-order valence-corrected chi connectivity index (χ0v) is 22.8. The van der Waals surface area contributed by atoms with Gasteiger partial charge in [0.05, 0.1) is 10.4 Å². The van der Waals surface area contributed by atoms with Gasteiger partial charge in [0.1, 0.15) is 0 Å². The molecule has 2 heteroatoms. The second-order valence-corrected chi connectivity index (χ2v) is 12.1. The minimum atomic E-state index is 0.0116. The monoisotopic (exact) mass is 517 g/mol. The molecule has 7 aromatic rings. The Balaban J connectivity index is 1.14. The van der Waals surface area contributed by atoms with Gasteiger partial charge < -0.3 is 5.32 Å². The van der Waals surface area contributed by atoms with Gasteiger partial charge >= 0.3 is 0 Å². The van der Waals surface area contributed by atoms with Gasteiger partial charge in [-0.3, -0.25) is 0 Å². The third-order valence-electron chi connectivity index (χ3n) is 8.47. The summed E-state index contributed by atoms with van der Waals surface area (Å²) in [5.74, 6) is 0. The van der Waals surface area contributed by atoms with Crippen molar-refractivity contribution in [3.8, 4) is 22.3 Å². The molecule has 0 saturated carbocycles. The molecule has 1 N–H and O–H groups in total. The zero-order valence-electron chi connectivity index (χ0n) is 22.0. The highest BCUT2D eigenvalue weighted by Gasteiger charge is 2.35. The van der Waals surface area contributed by atoms with Gasteiger partial charge in [-0.05, 0) is 68.4 Å². The van der Waals surface area contributed by atoms with E-state index >= 15 is 0 Å². The van der Waals surface area contributed by atoms with Crippen molar-refractivity contribution in [2.75, 3.05) is 5.32 Å². The maximum atomic E-state index is 3.71. The van der Waals surface area contributed by atoms with Crippen LogP contribution in [0.1, 0.15) is 25.0 Å². The number of fused-ring (bicyclic) bond motifs is 8. The first-order valence-corrected chi connectivity index (χ1v) is 14.3. The topological polar surface area (TPSA) is 12.0 Å². The van der Waals surface area contributed by atoms with Crippen molar-refractivity contribution < 1.29 is 0 Å². The lowest BCUT2D eigenvalue weighted by Crippen LogP contribution is -2.14. The normalized spacial score (nSPS) is 13.6. The molecule has 1 aromatic heterocycles. The maximum Gasteiger partial charge on any atom is 0.0590 e. The van der Waals surface area contributed by atoms with E-state index in [0.29, 0.717) is 0 Å². The van der Waals surface area contributed by atoms with E-state index in [9.17, 15) is 0 Å². The van der Waals surface area contributed by atoms with Crippen molar-refractivity contribution in [2.45, 2.75) is 19.3 Å². The molecule has 0 radical (unpaired) electrons. The van der Waals surface area contributed by atoms with E-state index in [2.05, 4.69) is 140 Å². The molecule has 6 aromatic carbocycles. The van der Waals surface area contributed by atoms with Crippen LogP contribution in [0, 0.1) is 0 Å². The van der Waals surface area contributed by atoms with Gasteiger partial charge in [-0.1, -0.05) is 111 Å². The van der Waals surface area contributed by atoms with Gasteiger partial charge in [0.15, 0.2) is 0 Å². The number of nitrogens with one attached hydrogen (secondary N) is 1. The summed E-state index contributed by atoms with van der Waals surface area (Å²) in [5, 5.41) is 8.97. The van der Waals surface area contributed by atoms with Crippen LogP contribution in [0.25, 0.3) is 53.2 Å². The van der Waals surface area contributed by atoms with Crippen LogP contribution in [0.2, 0.25) is 0 Å². The van der Waals surface area contributed by atoms with Gasteiger partial charge in [-0.15, -0.1) is 11.3 Å². The molecule has 0 atom stereocenters. The summed E-state index contributed by atoms with van der Waals surface area (Å²) >= 11 is 1.88. The number of hydrogen-bond donors (Lipinski definition) is 1. The van der Waals surface area contributed by atoms with E-state index < -0.39 is 0 Å². The summed E-state index contributed by atoms with van der Waals surface area (Å²) in [5.41, 5.74) is 10.3. The molecule has 0 saturated heterocycles. The first-order valence-electron chi connectivity index (χ1n) is 13.5. The third kappa shape index (κ3) is 3.38. The molecule has 0 amide bonds. The van der Waals surface area contributed by atoms with Crippen LogP contribution in [0.4, 0.5) is 11.4 Å². The van der Waals surface area contributed by atoms with Gasteiger partial charge in [0.25, 0.3) is 0 Å². The lowest BCUT2D eigenvalue weighted by atomic mass is 9.81. The van der Waals surface area contributed by atoms with Crippen LogP contribution in [0.5, 0.6) is 0 Å². The minimum absolute atomic E-state index is 0.0116. The Morgan fingerprint density at radius 1 is 0.538 bits per heavy atom. The first-order chi connectivity index (χ1) is 19.1. The summed E-state index contributed by atoms with van der Waals surface area (Å²) in [6, 6.07) is 44.4. The summed E-state index contributed by atoms with van der Waals surface area (Å²) in [7, 11) is 0. The molecule has 186 valence electrons. The Labute approximate surface area is 232 Å². The number of hydrogen-bond acceptors (Lipinski definition) is 2. The van der Waals surface area contributed by atoms with Gasteiger partial charge in [-0.2, -0.15) is 0 Å². The molecule has 0 bridgehead atoms. The van der Waals surface area contributed by atoms with Crippen LogP contribution in [-0.2, 0) is 5.41 Å². The molecule has 1 nitrogen and oxygen atoms in total. The van der Waals surface area contributed by atoms with Crippen LogP contribution in [-0.4, -0.2) is 0 Å². The number of thiophene rings is 1. The molecule has 0 fully saturated rings. The van der Waals surface area contributed by atoms with Gasteiger partial charge in [-0.25, -0.2) is 0 Å². The second kappa shape index (κ2) is 8.30. The Hall–Kier alpha value is -4.40. The predicted octanol–water partition coefficient (Wildman–Crippen LogP) is 10.9. The molecule has 0 spiro atoms. The number of benzene rings is 6. The fourth-order valence-electron chi connectivity index (χ4n) is 6.41. The van der Waals surface area contributed by atoms with Crippen LogP contribution < -0.4 is 5.32 Å². The molecular weight excluding hydrogens is 490 g/mol. The fourth-order valence-corrected chi connectivity index (χ4v) is 7.71. The van der Waals surface area contributed by atoms with E-state index in [0.717, 1.165) is 11.4 Å². The lowest BCUT2D eigenvalue weighted by molar-refractivity contribution is 0.660. The van der Waals surface area contributed by atoms with Crippen molar-refractivity contribution in [1.29, 1.82) is 0 Å². The molecule has 1 aliphatic carbocycles. The van der Waals surface area contributed by atoms with Gasteiger partial charge in [0, 0.05) is 26.6 Å². The molecule has 0 aliphatic heterocycles. The second-order valence-electron chi connectivity index (χ2n) is 11.1. The first kappa shape index (κ1) is 22.6. The van der Waals surface area contributed by atoms with Crippen LogP contribution in [0.15, 0.2) is 121 Å². The lowest BCUT2D eigenvalue weighted by Gasteiger charge is -2.22. The fraction of sp³-hybridized carbons (Fsp3) is 0.0811. The smallest absolute Gasteiger partial charge is 0.0590 e. The SMILES string of the molecule is CC1(C)c2ccccc2-c2ccc(-c3ccc(Nc4cccc5c4sc4c6ccccc6ccc54)cc3)cc21. The maximum absolute atomic E-state index is 3.71. The average Bonchev–Trinajstić information content (AvgIpc) is 3.47. The van der Waals surface area contributed by atoms with Crippen molar-refractivity contribution >= 4 is 53.7 Å². The standard InChI is InChI=1S/C37H27NS/c1-37(2)32-12-6-5-10-28(32)29-20-17-25(22-33(29)37)23-14-18-26(19-15-23)38-34-13-7-11-30-31-21-16-24-8-3-4-9-27(24)35(31)39-36(30)34/h3-22,38H,1-2H3. The summed E-state index contributed by atoms with van der Waals surface area (Å²) in [6.07, 6.45) is 0. The van der Waals surface area contributed by atoms with Crippen LogP contribution in [0.3, 0.4) is 0 Å². The van der Waals surface area contributed by atoms with E-state index in [4.69, 9.17) is 0 Å². The van der Waals surface area contributed by atoms with E-state index in [1.54, 1.807) is 0 Å². The molecule has 8 rings (SSSR count). The van der Waals surface area contributed by atoms with Crippen molar-refractivity contribution in [1.82, 2.24) is 0 Å². The Kier molecular flexibility index (Phi) is 4.80. The Morgan fingerprint density at radius 2 is 1.26 bits per heavy atom. The summed E-state index contributed by atoms with van der Waals surface area (Å²) in [6.45, 7) is 4.68. The molecule has 39 heavy (non-hydrogen) atoms. The highest BCUT2D eigenvalue weighted by Crippen LogP contribution is 2.49. The van der Waals surface area contributed by atoms with Gasteiger partial charge in [0.2, 0.25) is 0 Å². The predicted molar refractivity (Wildman–Crippen MR) is 170 cm³/mol. The quantitative estimate of drug-likeness (QED) is 0.246. The Morgan fingerprint density at radius 3 is 2.15 bits per heavy atom. The highest BCUT2D eigenvalue weighted by molar-refractivity contribution is 7.27. The van der Waals surface area contributed by atoms with E-state index in [-0.39, 0.29) is 5.41 Å². The molecule has 1 heterocycles. The largest absolute Gasteiger partial charge is 0.354 e. The van der Waals surface area contributed by atoms with E-state index in [1.165, 1.54) is 64.3 Å². The summed E-state index contributed by atoms with van der Waals surface area (Å²) in [4.78, 5) is 0.